The molecule has 0 radical (unpaired) electrons. The molecule has 20 heavy (non-hydrogen) atoms. The molecule has 0 aliphatic carbocycles. The van der Waals surface area contributed by atoms with Gasteiger partial charge in [0.05, 0.1) is 0 Å². The summed E-state index contributed by atoms with van der Waals surface area (Å²) in [5, 5.41) is 10.1. The van der Waals surface area contributed by atoms with Gasteiger partial charge in [-0.05, 0) is 37.9 Å². The van der Waals surface area contributed by atoms with Crippen molar-refractivity contribution in [2.45, 2.75) is 43.9 Å². The molecular weight excluding hydrogens is 269 g/mol. The Hall–Kier alpha value is -1.37. The third-order valence-electron chi connectivity index (χ3n) is 4.14. The summed E-state index contributed by atoms with van der Waals surface area (Å²) < 4.78 is 37.2. The van der Waals surface area contributed by atoms with Crippen LogP contribution in [-0.4, -0.2) is 40.3 Å². The molecule has 110 valence electrons. The largest absolute Gasteiger partial charge is 0.435 e. The number of hydrogen-bond acceptors (Lipinski definition) is 4. The lowest BCUT2D eigenvalue weighted by Gasteiger charge is -2.32. The minimum atomic E-state index is -4.43. The standard InChI is InChI=1S/C13H17F3N4/c14-13(15,16)11-4-5-12(19-18-11)17-9-6-8-20-7-2-1-3-10(9)20/h4-5,9-10H,1-3,6-8H2,(H,17,19). The molecule has 4 nitrogen and oxygen atoms in total. The number of piperidine rings is 1. The van der Waals surface area contributed by atoms with E-state index in [-0.39, 0.29) is 6.04 Å². The van der Waals surface area contributed by atoms with Gasteiger partial charge in [-0.3, -0.25) is 4.90 Å². The van der Waals surface area contributed by atoms with Crippen LogP contribution in [0.5, 0.6) is 0 Å². The van der Waals surface area contributed by atoms with E-state index in [9.17, 15) is 13.2 Å². The summed E-state index contributed by atoms with van der Waals surface area (Å²) >= 11 is 0. The lowest BCUT2D eigenvalue weighted by Crippen LogP contribution is -2.41. The highest BCUT2D eigenvalue weighted by Gasteiger charge is 2.36. The molecule has 1 aromatic rings. The summed E-state index contributed by atoms with van der Waals surface area (Å²) in [5.41, 5.74) is -0.950. The maximum Gasteiger partial charge on any atom is 0.435 e. The van der Waals surface area contributed by atoms with Crippen LogP contribution in [0.3, 0.4) is 0 Å². The number of halogens is 3. The number of rotatable bonds is 2. The van der Waals surface area contributed by atoms with Gasteiger partial charge in [0.1, 0.15) is 5.82 Å². The zero-order chi connectivity index (χ0) is 14.2. The van der Waals surface area contributed by atoms with Gasteiger partial charge in [-0.2, -0.15) is 13.2 Å². The summed E-state index contributed by atoms with van der Waals surface area (Å²) in [7, 11) is 0. The molecular formula is C13H17F3N4. The predicted octanol–water partition coefficient (Wildman–Crippen LogP) is 2.53. The second-order valence-electron chi connectivity index (χ2n) is 5.44. The van der Waals surface area contributed by atoms with Crippen LogP contribution in [0.2, 0.25) is 0 Å². The number of alkyl halides is 3. The van der Waals surface area contributed by atoms with Crippen LogP contribution in [-0.2, 0) is 6.18 Å². The van der Waals surface area contributed by atoms with Gasteiger partial charge >= 0.3 is 6.18 Å². The molecule has 1 N–H and O–H groups in total. The van der Waals surface area contributed by atoms with Gasteiger partial charge in [0, 0.05) is 18.6 Å². The van der Waals surface area contributed by atoms with Crippen LogP contribution in [0.1, 0.15) is 31.4 Å². The van der Waals surface area contributed by atoms with Crippen molar-refractivity contribution in [1.29, 1.82) is 0 Å². The highest BCUT2D eigenvalue weighted by molar-refractivity contribution is 5.35. The van der Waals surface area contributed by atoms with Crippen LogP contribution >= 0.6 is 0 Å². The molecule has 2 atom stereocenters. The predicted molar refractivity (Wildman–Crippen MR) is 68.3 cm³/mol. The van der Waals surface area contributed by atoms with Crippen LogP contribution in [0.15, 0.2) is 12.1 Å². The first-order valence-electron chi connectivity index (χ1n) is 6.95. The van der Waals surface area contributed by atoms with E-state index in [4.69, 9.17) is 0 Å². The van der Waals surface area contributed by atoms with Crippen LogP contribution in [0.25, 0.3) is 0 Å². The molecule has 7 heteroatoms. The summed E-state index contributed by atoms with van der Waals surface area (Å²) in [6.45, 7) is 2.18. The van der Waals surface area contributed by atoms with E-state index in [0.717, 1.165) is 32.0 Å². The Morgan fingerprint density at radius 3 is 2.65 bits per heavy atom. The van der Waals surface area contributed by atoms with Crippen molar-refractivity contribution < 1.29 is 13.2 Å². The molecule has 0 aromatic carbocycles. The highest BCUT2D eigenvalue weighted by atomic mass is 19.4. The first-order chi connectivity index (χ1) is 9.54. The average molecular weight is 286 g/mol. The monoisotopic (exact) mass is 286 g/mol. The van der Waals surface area contributed by atoms with Gasteiger partial charge in [0.25, 0.3) is 0 Å². The molecule has 0 amide bonds. The van der Waals surface area contributed by atoms with Crippen LogP contribution < -0.4 is 5.32 Å². The fourth-order valence-corrected chi connectivity index (χ4v) is 3.17. The first-order valence-corrected chi connectivity index (χ1v) is 6.95. The van der Waals surface area contributed by atoms with E-state index in [1.165, 1.54) is 18.9 Å². The Morgan fingerprint density at radius 1 is 1.10 bits per heavy atom. The van der Waals surface area contributed by atoms with Crippen molar-refractivity contribution >= 4 is 5.82 Å². The Balaban J connectivity index is 1.66. The molecule has 0 spiro atoms. The fraction of sp³-hybridized carbons (Fsp3) is 0.692. The Labute approximate surface area is 115 Å². The van der Waals surface area contributed by atoms with Crippen molar-refractivity contribution in [1.82, 2.24) is 15.1 Å². The van der Waals surface area contributed by atoms with Crippen molar-refractivity contribution in [3.8, 4) is 0 Å². The number of anilines is 1. The van der Waals surface area contributed by atoms with Gasteiger partial charge in [-0.25, -0.2) is 0 Å². The van der Waals surface area contributed by atoms with Gasteiger partial charge in [-0.15, -0.1) is 10.2 Å². The lowest BCUT2D eigenvalue weighted by molar-refractivity contribution is -0.141. The summed E-state index contributed by atoms with van der Waals surface area (Å²) in [6.07, 6.45) is 0.180. The molecule has 3 heterocycles. The lowest BCUT2D eigenvalue weighted by atomic mass is 9.99. The van der Waals surface area contributed by atoms with Crippen LogP contribution in [0, 0.1) is 0 Å². The number of hydrogen-bond donors (Lipinski definition) is 1. The summed E-state index contributed by atoms with van der Waals surface area (Å²) in [6, 6.07) is 3.08. The Bertz CT molecular complexity index is 460. The average Bonchev–Trinajstić information content (AvgIpc) is 2.82. The molecule has 3 rings (SSSR count). The Morgan fingerprint density at radius 2 is 1.95 bits per heavy atom. The van der Waals surface area contributed by atoms with E-state index < -0.39 is 11.9 Å². The minimum absolute atomic E-state index is 0.265. The zero-order valence-corrected chi connectivity index (χ0v) is 11.0. The summed E-state index contributed by atoms with van der Waals surface area (Å²) in [4.78, 5) is 2.46. The maximum atomic E-state index is 12.4. The molecule has 2 unspecified atom stereocenters. The van der Waals surface area contributed by atoms with E-state index in [2.05, 4.69) is 20.4 Å². The normalized spacial score (nSPS) is 27.4. The second kappa shape index (κ2) is 5.20. The number of nitrogens with one attached hydrogen (secondary N) is 1. The third kappa shape index (κ3) is 2.72. The summed E-state index contributed by atoms with van der Waals surface area (Å²) in [5.74, 6) is 0.426. The smallest absolute Gasteiger partial charge is 0.364 e. The molecule has 2 aliphatic rings. The molecule has 2 fully saturated rings. The SMILES string of the molecule is FC(F)(F)c1ccc(NC2CCN3CCCCC23)nn1. The molecule has 0 saturated carbocycles. The minimum Gasteiger partial charge on any atom is -0.364 e. The van der Waals surface area contributed by atoms with Crippen molar-refractivity contribution in [3.05, 3.63) is 17.8 Å². The molecule has 1 aromatic heterocycles. The maximum absolute atomic E-state index is 12.4. The number of nitrogens with zero attached hydrogens (tertiary/aromatic N) is 3. The van der Waals surface area contributed by atoms with Gasteiger partial charge < -0.3 is 5.32 Å². The quantitative estimate of drug-likeness (QED) is 0.907. The van der Waals surface area contributed by atoms with Crippen molar-refractivity contribution in [3.63, 3.8) is 0 Å². The van der Waals surface area contributed by atoms with Crippen molar-refractivity contribution in [2.75, 3.05) is 18.4 Å². The van der Waals surface area contributed by atoms with E-state index in [1.807, 2.05) is 0 Å². The number of fused-ring (bicyclic) bond motifs is 1. The van der Waals surface area contributed by atoms with Gasteiger partial charge in [0.2, 0.25) is 0 Å². The Kier molecular flexibility index (Phi) is 3.54. The third-order valence-corrected chi connectivity index (χ3v) is 4.14. The van der Waals surface area contributed by atoms with Crippen LogP contribution in [0.4, 0.5) is 19.0 Å². The zero-order valence-electron chi connectivity index (χ0n) is 11.0. The topological polar surface area (TPSA) is 41.0 Å². The molecule has 2 saturated heterocycles. The van der Waals surface area contributed by atoms with Gasteiger partial charge in [0.15, 0.2) is 5.69 Å². The fourth-order valence-electron chi connectivity index (χ4n) is 3.17. The highest BCUT2D eigenvalue weighted by Crippen LogP contribution is 2.30. The molecule has 2 aliphatic heterocycles. The van der Waals surface area contributed by atoms with Gasteiger partial charge in [-0.1, -0.05) is 6.42 Å². The first kappa shape index (κ1) is 13.6. The number of aromatic nitrogens is 2. The molecule has 0 bridgehead atoms. The van der Waals surface area contributed by atoms with Crippen molar-refractivity contribution in [2.24, 2.45) is 0 Å². The second-order valence-corrected chi connectivity index (χ2v) is 5.44. The van der Waals surface area contributed by atoms with E-state index >= 15 is 0 Å². The van der Waals surface area contributed by atoms with E-state index in [0.29, 0.717) is 11.9 Å². The van der Waals surface area contributed by atoms with E-state index in [1.54, 1.807) is 0 Å².